The SMILES string of the molecule is O=c1cccc(C(F)(F)F)[nH]1.OC1CCOC(COc2ncccn2)C1O. The van der Waals surface area contributed by atoms with E-state index in [-0.39, 0.29) is 12.6 Å². The molecule has 2 aromatic heterocycles. The Morgan fingerprint density at radius 2 is 1.93 bits per heavy atom. The van der Waals surface area contributed by atoms with Crippen LogP contribution >= 0.6 is 0 Å². The first-order valence-electron chi connectivity index (χ1n) is 7.91. The summed E-state index contributed by atoms with van der Waals surface area (Å²) in [6, 6.07) is 4.80. The molecule has 27 heavy (non-hydrogen) atoms. The van der Waals surface area contributed by atoms with Gasteiger partial charge in [0, 0.05) is 25.1 Å². The molecule has 1 saturated heterocycles. The molecular formula is C16H18F3N3O5. The molecular weight excluding hydrogens is 371 g/mol. The molecule has 3 unspecified atom stereocenters. The summed E-state index contributed by atoms with van der Waals surface area (Å²) in [6.07, 6.45) is -3.10. The van der Waals surface area contributed by atoms with Gasteiger partial charge in [-0.15, -0.1) is 0 Å². The third-order valence-electron chi connectivity index (χ3n) is 3.51. The molecule has 3 atom stereocenters. The van der Waals surface area contributed by atoms with Crippen LogP contribution in [0.5, 0.6) is 6.01 Å². The molecule has 0 aromatic carbocycles. The van der Waals surface area contributed by atoms with Crippen molar-refractivity contribution in [1.82, 2.24) is 15.0 Å². The molecule has 0 radical (unpaired) electrons. The van der Waals surface area contributed by atoms with Gasteiger partial charge in [0.2, 0.25) is 5.56 Å². The smallest absolute Gasteiger partial charge is 0.431 e. The molecule has 1 aliphatic heterocycles. The Labute approximate surface area is 151 Å². The van der Waals surface area contributed by atoms with Crippen LogP contribution in [0, 0.1) is 0 Å². The van der Waals surface area contributed by atoms with E-state index in [4.69, 9.17) is 9.47 Å². The van der Waals surface area contributed by atoms with Crippen LogP contribution in [0.2, 0.25) is 0 Å². The van der Waals surface area contributed by atoms with Crippen molar-refractivity contribution in [2.24, 2.45) is 0 Å². The molecule has 0 saturated carbocycles. The van der Waals surface area contributed by atoms with E-state index in [0.29, 0.717) is 13.0 Å². The maximum Gasteiger partial charge on any atom is 0.431 e. The number of ether oxygens (including phenoxy) is 2. The van der Waals surface area contributed by atoms with Gasteiger partial charge in [-0.25, -0.2) is 9.97 Å². The Bertz CT molecular complexity index is 757. The van der Waals surface area contributed by atoms with Crippen molar-refractivity contribution < 1.29 is 32.9 Å². The number of nitrogens with zero attached hydrogens (tertiary/aromatic N) is 2. The number of hydrogen-bond donors (Lipinski definition) is 3. The van der Waals surface area contributed by atoms with Crippen molar-refractivity contribution >= 4 is 0 Å². The second-order valence-corrected chi connectivity index (χ2v) is 5.52. The highest BCUT2D eigenvalue weighted by molar-refractivity contribution is 5.06. The number of aromatic amines is 1. The van der Waals surface area contributed by atoms with Crippen LogP contribution in [0.25, 0.3) is 0 Å². The average Bonchev–Trinajstić information content (AvgIpc) is 2.64. The van der Waals surface area contributed by atoms with Gasteiger partial charge in [0.1, 0.15) is 24.5 Å². The van der Waals surface area contributed by atoms with E-state index in [1.165, 1.54) is 0 Å². The lowest BCUT2D eigenvalue weighted by molar-refractivity contribution is -0.145. The highest BCUT2D eigenvalue weighted by Crippen LogP contribution is 2.25. The lowest BCUT2D eigenvalue weighted by atomic mass is 10.0. The number of rotatable bonds is 3. The molecule has 0 amide bonds. The maximum atomic E-state index is 11.8. The second-order valence-electron chi connectivity index (χ2n) is 5.52. The van der Waals surface area contributed by atoms with Crippen molar-refractivity contribution in [2.75, 3.05) is 13.2 Å². The highest BCUT2D eigenvalue weighted by Gasteiger charge is 2.32. The predicted octanol–water partition coefficient (Wildman–Crippen LogP) is 0.760. The first-order chi connectivity index (χ1) is 12.8. The van der Waals surface area contributed by atoms with E-state index < -0.39 is 35.7 Å². The Morgan fingerprint density at radius 1 is 1.22 bits per heavy atom. The molecule has 8 nitrogen and oxygen atoms in total. The van der Waals surface area contributed by atoms with Gasteiger partial charge in [0.25, 0.3) is 0 Å². The summed E-state index contributed by atoms with van der Waals surface area (Å²) >= 11 is 0. The number of pyridine rings is 1. The molecule has 1 aliphatic rings. The number of aromatic nitrogens is 3. The van der Waals surface area contributed by atoms with Crippen LogP contribution in [0.1, 0.15) is 12.1 Å². The number of nitrogens with one attached hydrogen (secondary N) is 1. The summed E-state index contributed by atoms with van der Waals surface area (Å²) < 4.78 is 45.9. The van der Waals surface area contributed by atoms with Crippen molar-refractivity contribution in [2.45, 2.75) is 30.9 Å². The van der Waals surface area contributed by atoms with Gasteiger partial charge >= 0.3 is 12.2 Å². The number of hydrogen-bond acceptors (Lipinski definition) is 7. The van der Waals surface area contributed by atoms with E-state index in [1.54, 1.807) is 23.4 Å². The summed E-state index contributed by atoms with van der Waals surface area (Å²) in [4.78, 5) is 19.8. The zero-order valence-corrected chi connectivity index (χ0v) is 14.0. The van der Waals surface area contributed by atoms with Gasteiger partial charge in [-0.1, -0.05) is 6.07 Å². The topological polar surface area (TPSA) is 118 Å². The average molecular weight is 389 g/mol. The Kier molecular flexibility index (Phi) is 7.28. The molecule has 3 rings (SSSR count). The molecule has 0 spiro atoms. The Balaban J connectivity index is 0.000000208. The normalized spacial score (nSPS) is 22.5. The van der Waals surface area contributed by atoms with E-state index in [0.717, 1.165) is 18.2 Å². The third kappa shape index (κ3) is 6.62. The van der Waals surface area contributed by atoms with Gasteiger partial charge in [-0.2, -0.15) is 13.2 Å². The maximum absolute atomic E-state index is 11.8. The predicted molar refractivity (Wildman–Crippen MR) is 86.0 cm³/mol. The van der Waals surface area contributed by atoms with Gasteiger partial charge in [0.05, 0.1) is 6.10 Å². The van der Waals surface area contributed by atoms with Crippen LogP contribution in [0.3, 0.4) is 0 Å². The zero-order valence-electron chi connectivity index (χ0n) is 14.0. The second kappa shape index (κ2) is 9.44. The molecule has 2 aromatic rings. The molecule has 0 bridgehead atoms. The minimum absolute atomic E-state index is 0.127. The lowest BCUT2D eigenvalue weighted by Crippen LogP contribution is -2.47. The number of aliphatic hydroxyl groups is 2. The minimum Gasteiger partial charge on any atom is -0.461 e. The minimum atomic E-state index is -4.47. The van der Waals surface area contributed by atoms with Crippen LogP contribution in [0.15, 0.2) is 41.5 Å². The first-order valence-corrected chi connectivity index (χ1v) is 7.91. The van der Waals surface area contributed by atoms with Crippen molar-refractivity contribution in [3.63, 3.8) is 0 Å². The number of aliphatic hydroxyl groups excluding tert-OH is 2. The molecule has 3 N–H and O–H groups in total. The van der Waals surface area contributed by atoms with Crippen LogP contribution < -0.4 is 10.3 Å². The third-order valence-corrected chi connectivity index (χ3v) is 3.51. The standard InChI is InChI=1S/C10H14N2O4.C6H4F3NO/c13-7-2-5-15-8(9(7)14)6-16-10-11-3-1-4-12-10;7-6(8,9)4-2-1-3-5(11)10-4/h1,3-4,7-9,13-14H,2,5-6H2;1-3H,(H,10,11). The summed E-state index contributed by atoms with van der Waals surface area (Å²) in [5, 5.41) is 19.0. The summed E-state index contributed by atoms with van der Waals surface area (Å²) in [5.41, 5.74) is -1.77. The van der Waals surface area contributed by atoms with E-state index >= 15 is 0 Å². The molecule has 0 aliphatic carbocycles. The van der Waals surface area contributed by atoms with E-state index in [9.17, 15) is 28.2 Å². The van der Waals surface area contributed by atoms with Crippen molar-refractivity contribution in [3.05, 3.63) is 52.7 Å². The molecule has 11 heteroatoms. The highest BCUT2D eigenvalue weighted by atomic mass is 19.4. The molecule has 3 heterocycles. The van der Waals surface area contributed by atoms with E-state index in [1.807, 2.05) is 0 Å². The number of halogens is 3. The van der Waals surface area contributed by atoms with Gasteiger partial charge in [-0.3, -0.25) is 4.79 Å². The number of alkyl halides is 3. The van der Waals surface area contributed by atoms with Crippen molar-refractivity contribution in [1.29, 1.82) is 0 Å². The van der Waals surface area contributed by atoms with E-state index in [2.05, 4.69) is 9.97 Å². The molecule has 1 fully saturated rings. The fourth-order valence-electron chi connectivity index (χ4n) is 2.13. The van der Waals surface area contributed by atoms with Crippen LogP contribution in [-0.2, 0) is 10.9 Å². The quantitative estimate of drug-likeness (QED) is 0.709. The monoisotopic (exact) mass is 389 g/mol. The van der Waals surface area contributed by atoms with Crippen LogP contribution in [-0.4, -0.2) is 56.7 Å². The molecule has 148 valence electrons. The fourth-order valence-corrected chi connectivity index (χ4v) is 2.13. The van der Waals surface area contributed by atoms with Gasteiger partial charge in [-0.05, 0) is 18.6 Å². The van der Waals surface area contributed by atoms with Crippen molar-refractivity contribution in [3.8, 4) is 6.01 Å². The van der Waals surface area contributed by atoms with Gasteiger partial charge < -0.3 is 24.7 Å². The Hall–Kier alpha value is -2.50. The largest absolute Gasteiger partial charge is 0.461 e. The Morgan fingerprint density at radius 3 is 2.52 bits per heavy atom. The first kappa shape index (κ1) is 20.8. The van der Waals surface area contributed by atoms with Gasteiger partial charge in [0.15, 0.2) is 0 Å². The fraction of sp³-hybridized carbons (Fsp3) is 0.438. The van der Waals surface area contributed by atoms with Crippen LogP contribution in [0.4, 0.5) is 13.2 Å². The summed E-state index contributed by atoms with van der Waals surface area (Å²) in [7, 11) is 0. The summed E-state index contributed by atoms with van der Waals surface area (Å²) in [5.74, 6) is 0. The summed E-state index contributed by atoms with van der Waals surface area (Å²) in [6.45, 7) is 0.546. The zero-order chi connectivity index (χ0) is 19.9. The number of H-pyrrole nitrogens is 1. The lowest BCUT2D eigenvalue weighted by Gasteiger charge is -2.31.